The molecule has 1 aliphatic rings. The first-order valence-corrected chi connectivity index (χ1v) is 11.9. The largest absolute Gasteiger partial charge is 0.481 e. The molecule has 1 aromatic carbocycles. The number of aliphatic hydroxyl groups excluding tert-OH is 2. The van der Waals surface area contributed by atoms with Gasteiger partial charge in [-0.3, -0.25) is 14.3 Å². The van der Waals surface area contributed by atoms with Crippen molar-refractivity contribution in [3.8, 4) is 0 Å². The average Bonchev–Trinajstić information content (AvgIpc) is 3.38. The van der Waals surface area contributed by atoms with Crippen molar-refractivity contribution >= 4 is 34.8 Å². The van der Waals surface area contributed by atoms with Crippen molar-refractivity contribution in [2.75, 3.05) is 24.1 Å². The van der Waals surface area contributed by atoms with E-state index in [-0.39, 0.29) is 35.9 Å². The number of fused-ring (bicyclic) bond motifs is 1. The number of nitrogens with zero attached hydrogens (tertiary/aromatic N) is 4. The first-order chi connectivity index (χ1) is 18.1. The fourth-order valence-electron chi connectivity index (χ4n) is 3.89. The molecule has 15 heteroatoms. The number of hydrogen-bond acceptors (Lipinski definition) is 12. The van der Waals surface area contributed by atoms with Gasteiger partial charge in [0.15, 0.2) is 23.5 Å². The number of carbonyl (C=O) groups is 2. The normalized spacial score (nSPS) is 22.9. The van der Waals surface area contributed by atoms with Crippen molar-refractivity contribution in [2.45, 2.75) is 50.5 Å². The minimum Gasteiger partial charge on any atom is -0.481 e. The highest BCUT2D eigenvalue weighted by Crippen LogP contribution is 2.30. The number of aliphatic hydroxyl groups is 3. The average molecular weight is 532 g/mol. The number of carboxylic acids is 1. The van der Waals surface area contributed by atoms with Gasteiger partial charge in [-0.15, -0.1) is 4.73 Å². The second kappa shape index (κ2) is 11.1. The van der Waals surface area contributed by atoms with E-state index in [2.05, 4.69) is 25.6 Å². The number of carboxylic acid groups (broad SMARTS) is 1. The summed E-state index contributed by atoms with van der Waals surface area (Å²) in [5.41, 5.74) is 8.12. The van der Waals surface area contributed by atoms with Gasteiger partial charge in [0.05, 0.1) is 0 Å². The number of imidazole rings is 1. The molecule has 4 atom stereocenters. The van der Waals surface area contributed by atoms with Crippen LogP contribution in [0, 0.1) is 0 Å². The van der Waals surface area contributed by atoms with Crippen molar-refractivity contribution < 1.29 is 39.6 Å². The molecule has 38 heavy (non-hydrogen) atoms. The van der Waals surface area contributed by atoms with Gasteiger partial charge in [-0.2, -0.15) is 9.97 Å². The van der Waals surface area contributed by atoms with Gasteiger partial charge in [0, 0.05) is 19.5 Å². The Bertz CT molecular complexity index is 1300. The quantitative estimate of drug-likeness (QED) is 0.139. The number of nitrogen functional groups attached to an aromatic ring is 1. The van der Waals surface area contributed by atoms with Crippen LogP contribution in [0.5, 0.6) is 0 Å². The van der Waals surface area contributed by atoms with Crippen molar-refractivity contribution in [2.24, 2.45) is 0 Å². The van der Waals surface area contributed by atoms with E-state index in [9.17, 15) is 24.9 Å². The lowest BCUT2D eigenvalue weighted by atomic mass is 10.1. The second-order valence-electron chi connectivity index (χ2n) is 8.65. The summed E-state index contributed by atoms with van der Waals surface area (Å²) in [6.45, 7) is 2.34. The lowest BCUT2D eigenvalue weighted by Crippen LogP contribution is -2.51. The predicted molar refractivity (Wildman–Crippen MR) is 131 cm³/mol. The number of ether oxygens (including phenoxy) is 1. The molecule has 1 fully saturated rings. The summed E-state index contributed by atoms with van der Waals surface area (Å²) < 4.78 is 6.07. The van der Waals surface area contributed by atoms with Crippen molar-refractivity contribution in [1.82, 2.24) is 25.0 Å². The van der Waals surface area contributed by atoms with Gasteiger partial charge in [0.25, 0.3) is 5.91 Å². The van der Waals surface area contributed by atoms with Crippen LogP contribution >= 0.6 is 0 Å². The van der Waals surface area contributed by atoms with Crippen LogP contribution < -0.4 is 21.2 Å². The highest BCUT2D eigenvalue weighted by molar-refractivity contribution is 5.83. The molecular formula is C23H29N7O8. The van der Waals surface area contributed by atoms with Crippen LogP contribution in [0.25, 0.3) is 11.2 Å². The molecule has 0 saturated carbocycles. The van der Waals surface area contributed by atoms with E-state index < -0.39 is 36.2 Å². The number of aryl methyl sites for hydroxylation is 1. The number of aliphatic carboxylic acids is 1. The number of benzene rings is 1. The SMILES string of the molecule is CCNC(=O)[C@H]1O[C@@](O)(On2cnc3c(N)nc(NCCc4ccc(CCC(=O)O)cc4)nc32)[C@H](O)[C@@H]1O. The predicted octanol–water partition coefficient (Wildman–Crippen LogP) is -1.59. The number of likely N-dealkylation sites (N-methyl/N-ethyl adjacent to an activating group) is 1. The lowest BCUT2D eigenvalue weighted by molar-refractivity contribution is -0.370. The van der Waals surface area contributed by atoms with Crippen LogP contribution in [0.2, 0.25) is 0 Å². The topological polar surface area (TPSA) is 227 Å². The maximum Gasteiger partial charge on any atom is 0.376 e. The molecule has 15 nitrogen and oxygen atoms in total. The summed E-state index contributed by atoms with van der Waals surface area (Å²) in [7, 11) is 0. The van der Waals surface area contributed by atoms with Crippen LogP contribution in [0.3, 0.4) is 0 Å². The third-order valence-corrected chi connectivity index (χ3v) is 5.88. The molecule has 0 bridgehead atoms. The van der Waals surface area contributed by atoms with Crippen LogP contribution in [0.1, 0.15) is 24.5 Å². The molecule has 1 amide bonds. The molecular weight excluding hydrogens is 502 g/mol. The number of rotatable bonds is 11. The molecule has 0 radical (unpaired) electrons. The highest BCUT2D eigenvalue weighted by Gasteiger charge is 2.59. The maximum absolute atomic E-state index is 12.1. The lowest BCUT2D eigenvalue weighted by Gasteiger charge is -2.25. The molecule has 8 N–H and O–H groups in total. The maximum atomic E-state index is 12.1. The van der Waals surface area contributed by atoms with Gasteiger partial charge in [-0.05, 0) is 30.9 Å². The van der Waals surface area contributed by atoms with Gasteiger partial charge in [0.1, 0.15) is 12.4 Å². The standard InChI is InChI=1S/C23H29N7O8/c1-2-25-21(35)17-16(33)18(34)23(36,37-17)38-30-11-27-15-19(24)28-22(29-20(15)30)26-10-9-13-5-3-12(4-6-13)7-8-14(31)32/h3-6,11,16-18,33-34,36H,2,7-10H2,1H3,(H,25,35)(H,31,32)(H3,24,26,28,29)/t16-,17+,18-,23-/m1/s1. The van der Waals surface area contributed by atoms with Gasteiger partial charge < -0.3 is 41.6 Å². The molecule has 4 rings (SSSR count). The van der Waals surface area contributed by atoms with Gasteiger partial charge in [-0.1, -0.05) is 24.3 Å². The second-order valence-corrected chi connectivity index (χ2v) is 8.65. The van der Waals surface area contributed by atoms with Crippen molar-refractivity contribution in [3.05, 3.63) is 41.7 Å². The summed E-state index contributed by atoms with van der Waals surface area (Å²) in [5.74, 6) is -4.21. The molecule has 2 aromatic heterocycles. The zero-order valence-corrected chi connectivity index (χ0v) is 20.4. The zero-order valence-electron chi connectivity index (χ0n) is 20.4. The van der Waals surface area contributed by atoms with Crippen molar-refractivity contribution in [1.29, 1.82) is 0 Å². The smallest absolute Gasteiger partial charge is 0.376 e. The Hall–Kier alpha value is -4.05. The van der Waals surface area contributed by atoms with E-state index in [1.807, 2.05) is 24.3 Å². The Morgan fingerprint density at radius 2 is 1.87 bits per heavy atom. The summed E-state index contributed by atoms with van der Waals surface area (Å²) in [5, 5.41) is 45.5. The van der Waals surface area contributed by atoms with E-state index in [4.69, 9.17) is 20.4 Å². The number of nitrogens with two attached hydrogens (primary N) is 1. The summed E-state index contributed by atoms with van der Waals surface area (Å²) in [4.78, 5) is 40.7. The number of carbonyl (C=O) groups excluding carboxylic acids is 1. The molecule has 0 spiro atoms. The number of anilines is 2. The third-order valence-electron chi connectivity index (χ3n) is 5.88. The summed E-state index contributed by atoms with van der Waals surface area (Å²) >= 11 is 0. The first-order valence-electron chi connectivity index (χ1n) is 11.9. The fraction of sp³-hybridized carbons (Fsp3) is 0.435. The van der Waals surface area contributed by atoms with Gasteiger partial charge in [0.2, 0.25) is 11.6 Å². The van der Waals surface area contributed by atoms with E-state index in [1.54, 1.807) is 6.92 Å². The van der Waals surface area contributed by atoms with E-state index in [0.717, 1.165) is 22.2 Å². The Morgan fingerprint density at radius 1 is 1.18 bits per heavy atom. The highest BCUT2D eigenvalue weighted by atomic mass is 16.9. The van der Waals surface area contributed by atoms with Crippen LogP contribution in [-0.4, -0.2) is 89.4 Å². The Balaban J connectivity index is 1.43. The molecule has 1 aliphatic heterocycles. The van der Waals surface area contributed by atoms with Gasteiger partial charge >= 0.3 is 11.9 Å². The zero-order chi connectivity index (χ0) is 27.4. The Kier molecular flexibility index (Phi) is 7.91. The summed E-state index contributed by atoms with van der Waals surface area (Å²) in [6, 6.07) is 7.59. The molecule has 0 unspecified atom stereocenters. The molecule has 0 aliphatic carbocycles. The third kappa shape index (κ3) is 5.75. The molecule has 204 valence electrons. The van der Waals surface area contributed by atoms with E-state index >= 15 is 0 Å². The Labute approximate surface area is 216 Å². The summed E-state index contributed by atoms with van der Waals surface area (Å²) in [6.07, 6.45) is -3.07. The fourth-order valence-corrected chi connectivity index (χ4v) is 3.89. The van der Waals surface area contributed by atoms with Crippen molar-refractivity contribution in [3.63, 3.8) is 0 Å². The molecule has 3 heterocycles. The molecule has 1 saturated heterocycles. The van der Waals surface area contributed by atoms with E-state index in [0.29, 0.717) is 19.4 Å². The first kappa shape index (κ1) is 27.0. The minimum absolute atomic E-state index is 0.0164. The number of aromatic nitrogens is 4. The molecule has 3 aromatic rings. The minimum atomic E-state index is -2.78. The number of hydrogen-bond donors (Lipinski definition) is 7. The van der Waals surface area contributed by atoms with Crippen LogP contribution in [0.4, 0.5) is 11.8 Å². The van der Waals surface area contributed by atoms with Crippen LogP contribution in [0.15, 0.2) is 30.6 Å². The van der Waals surface area contributed by atoms with Crippen LogP contribution in [-0.2, 0) is 27.2 Å². The Morgan fingerprint density at radius 3 is 2.53 bits per heavy atom. The van der Waals surface area contributed by atoms with Gasteiger partial charge in [-0.25, -0.2) is 4.98 Å². The monoisotopic (exact) mass is 531 g/mol. The number of amides is 1. The van der Waals surface area contributed by atoms with E-state index in [1.165, 1.54) is 0 Å². The number of nitrogens with one attached hydrogen (secondary N) is 2.